The number of rotatable bonds is 2. The molecule has 1 aromatic carbocycles. The topological polar surface area (TPSA) is 26.3 Å². The minimum Gasteiger partial charge on any atom is -0.458 e. The number of carbonyl (C=O) groups excluding carboxylic acids is 1. The molecule has 0 saturated carbocycles. The lowest BCUT2D eigenvalue weighted by Gasteiger charge is -2.15. The fraction of sp³-hybridized carbons (Fsp3) is 0.300. The largest absolute Gasteiger partial charge is 0.458 e. The highest BCUT2D eigenvalue weighted by Gasteiger charge is 2.18. The number of carbonyl (C=O) groups is 1. The Morgan fingerprint density at radius 1 is 1.47 bits per heavy atom. The Morgan fingerprint density at radius 2 is 2.07 bits per heavy atom. The molecule has 15 heavy (non-hydrogen) atoms. The van der Waals surface area contributed by atoms with Gasteiger partial charge in [0.2, 0.25) is 0 Å². The van der Waals surface area contributed by atoms with Gasteiger partial charge in [-0.05, 0) is 19.1 Å². The average Bonchev–Trinajstić information content (AvgIpc) is 2.11. The van der Waals surface area contributed by atoms with Crippen LogP contribution in [0.1, 0.15) is 25.5 Å². The Balaban J connectivity index is 3.12. The van der Waals surface area contributed by atoms with Gasteiger partial charge >= 0.3 is 5.97 Å². The van der Waals surface area contributed by atoms with Crippen LogP contribution in [0.2, 0.25) is 10.0 Å². The van der Waals surface area contributed by atoms with E-state index in [9.17, 15) is 9.18 Å². The second-order valence-corrected chi connectivity index (χ2v) is 3.79. The average molecular weight is 251 g/mol. The van der Waals surface area contributed by atoms with Crippen LogP contribution >= 0.6 is 23.2 Å². The second-order valence-electron chi connectivity index (χ2n) is 3.01. The lowest BCUT2D eigenvalue weighted by Crippen LogP contribution is -2.06. The third kappa shape index (κ3) is 2.83. The number of hydrogen-bond donors (Lipinski definition) is 0. The van der Waals surface area contributed by atoms with Crippen LogP contribution in [-0.4, -0.2) is 5.97 Å². The third-order valence-corrected chi connectivity index (χ3v) is 2.54. The van der Waals surface area contributed by atoms with E-state index in [4.69, 9.17) is 27.9 Å². The molecule has 0 saturated heterocycles. The molecule has 1 rings (SSSR count). The smallest absolute Gasteiger partial charge is 0.303 e. The Bertz CT molecular complexity index is 393. The molecule has 1 unspecified atom stereocenters. The zero-order valence-corrected chi connectivity index (χ0v) is 9.69. The molecule has 0 bridgehead atoms. The third-order valence-electron chi connectivity index (χ3n) is 1.83. The maximum atomic E-state index is 13.1. The molecule has 0 aliphatic carbocycles. The summed E-state index contributed by atoms with van der Waals surface area (Å²) in [6, 6.07) is 2.53. The molecule has 0 spiro atoms. The Labute approximate surface area is 96.9 Å². The van der Waals surface area contributed by atoms with E-state index in [0.29, 0.717) is 0 Å². The summed E-state index contributed by atoms with van der Waals surface area (Å²) < 4.78 is 18.0. The monoisotopic (exact) mass is 250 g/mol. The fourth-order valence-corrected chi connectivity index (χ4v) is 1.90. The maximum Gasteiger partial charge on any atom is 0.303 e. The molecule has 0 N–H and O–H groups in total. The van der Waals surface area contributed by atoms with E-state index < -0.39 is 17.9 Å². The molecule has 82 valence electrons. The first-order chi connectivity index (χ1) is 6.93. The van der Waals surface area contributed by atoms with E-state index in [1.54, 1.807) is 6.92 Å². The van der Waals surface area contributed by atoms with Crippen molar-refractivity contribution in [3.05, 3.63) is 33.6 Å². The first-order valence-electron chi connectivity index (χ1n) is 4.24. The van der Waals surface area contributed by atoms with E-state index >= 15 is 0 Å². The standard InChI is InChI=1S/C10H9Cl2FO2/c1-5(15-6(2)14)9-7(11)3-4-8(13)10(9)12/h3-5H,1-2H3. The molecule has 0 radical (unpaired) electrons. The van der Waals surface area contributed by atoms with Crippen molar-refractivity contribution in [2.75, 3.05) is 0 Å². The molecular weight excluding hydrogens is 242 g/mol. The van der Waals surface area contributed by atoms with Crippen LogP contribution in [-0.2, 0) is 9.53 Å². The summed E-state index contributed by atoms with van der Waals surface area (Å²) in [5.41, 5.74) is 0.286. The van der Waals surface area contributed by atoms with Gasteiger partial charge in [0, 0.05) is 17.5 Å². The van der Waals surface area contributed by atoms with Crippen LogP contribution in [0.4, 0.5) is 4.39 Å². The normalized spacial score (nSPS) is 12.3. The summed E-state index contributed by atoms with van der Waals surface area (Å²) in [7, 11) is 0. The van der Waals surface area contributed by atoms with E-state index in [2.05, 4.69) is 0 Å². The number of hydrogen-bond acceptors (Lipinski definition) is 2. The van der Waals surface area contributed by atoms with Gasteiger partial charge in [-0.3, -0.25) is 4.79 Å². The molecule has 0 aliphatic rings. The van der Waals surface area contributed by atoms with Crippen LogP contribution in [0.25, 0.3) is 0 Å². The highest BCUT2D eigenvalue weighted by atomic mass is 35.5. The first kappa shape index (κ1) is 12.3. The summed E-state index contributed by atoms with van der Waals surface area (Å²) >= 11 is 11.6. The molecule has 0 fully saturated rings. The van der Waals surface area contributed by atoms with Crippen molar-refractivity contribution in [1.29, 1.82) is 0 Å². The minimum absolute atomic E-state index is 0.115. The molecule has 1 atom stereocenters. The summed E-state index contributed by atoms with van der Waals surface area (Å²) in [4.78, 5) is 10.7. The number of esters is 1. The van der Waals surface area contributed by atoms with Crippen LogP contribution in [0.3, 0.4) is 0 Å². The Kier molecular flexibility index (Phi) is 3.94. The molecule has 1 aromatic rings. The van der Waals surface area contributed by atoms with Crippen molar-refractivity contribution < 1.29 is 13.9 Å². The minimum atomic E-state index is -0.668. The SMILES string of the molecule is CC(=O)OC(C)c1c(Cl)ccc(F)c1Cl. The lowest BCUT2D eigenvalue weighted by atomic mass is 10.1. The fourth-order valence-electron chi connectivity index (χ4n) is 1.22. The van der Waals surface area contributed by atoms with Gasteiger partial charge in [-0.2, -0.15) is 0 Å². The first-order valence-corrected chi connectivity index (χ1v) is 4.99. The van der Waals surface area contributed by atoms with Gasteiger partial charge in [0.05, 0.1) is 5.02 Å². The number of halogens is 3. The zero-order chi connectivity index (χ0) is 11.6. The maximum absolute atomic E-state index is 13.1. The van der Waals surface area contributed by atoms with Crippen molar-refractivity contribution in [3.63, 3.8) is 0 Å². The van der Waals surface area contributed by atoms with Gasteiger partial charge in [-0.15, -0.1) is 0 Å². The number of ether oxygens (including phenoxy) is 1. The van der Waals surface area contributed by atoms with Gasteiger partial charge in [0.25, 0.3) is 0 Å². The second kappa shape index (κ2) is 4.81. The highest BCUT2D eigenvalue weighted by molar-refractivity contribution is 6.36. The Hall–Kier alpha value is -0.800. The quantitative estimate of drug-likeness (QED) is 0.590. The van der Waals surface area contributed by atoms with Gasteiger partial charge < -0.3 is 4.74 Å². The summed E-state index contributed by atoms with van der Waals surface area (Å²) in [5, 5.41) is 0.159. The summed E-state index contributed by atoms with van der Waals surface area (Å²) in [6.07, 6.45) is -0.668. The van der Waals surface area contributed by atoms with Crippen molar-refractivity contribution in [2.24, 2.45) is 0 Å². The van der Waals surface area contributed by atoms with Crippen LogP contribution < -0.4 is 0 Å². The molecular formula is C10H9Cl2FO2. The highest BCUT2D eigenvalue weighted by Crippen LogP contribution is 2.33. The lowest BCUT2D eigenvalue weighted by molar-refractivity contribution is -0.145. The Morgan fingerprint density at radius 3 is 2.60 bits per heavy atom. The summed E-state index contributed by atoms with van der Waals surface area (Å²) in [5.74, 6) is -1.06. The molecule has 0 aromatic heterocycles. The van der Waals surface area contributed by atoms with Crippen molar-refractivity contribution in [3.8, 4) is 0 Å². The van der Waals surface area contributed by atoms with Crippen molar-refractivity contribution in [2.45, 2.75) is 20.0 Å². The summed E-state index contributed by atoms with van der Waals surface area (Å²) in [6.45, 7) is 2.84. The van der Waals surface area contributed by atoms with E-state index in [1.807, 2.05) is 0 Å². The van der Waals surface area contributed by atoms with Crippen LogP contribution in [0, 0.1) is 5.82 Å². The molecule has 0 heterocycles. The zero-order valence-electron chi connectivity index (χ0n) is 8.18. The van der Waals surface area contributed by atoms with Gasteiger partial charge in [0.1, 0.15) is 11.9 Å². The van der Waals surface area contributed by atoms with E-state index in [-0.39, 0.29) is 15.6 Å². The molecule has 0 amide bonds. The van der Waals surface area contributed by atoms with E-state index in [0.717, 1.165) is 6.07 Å². The van der Waals surface area contributed by atoms with Gasteiger partial charge in [-0.25, -0.2) is 4.39 Å². The van der Waals surface area contributed by atoms with Crippen molar-refractivity contribution >= 4 is 29.2 Å². The van der Waals surface area contributed by atoms with Crippen LogP contribution in [0.5, 0.6) is 0 Å². The molecule has 0 aliphatic heterocycles. The van der Waals surface area contributed by atoms with E-state index in [1.165, 1.54) is 13.0 Å². The molecule has 5 heteroatoms. The van der Waals surface area contributed by atoms with Gasteiger partial charge in [-0.1, -0.05) is 23.2 Å². The van der Waals surface area contributed by atoms with Crippen molar-refractivity contribution in [1.82, 2.24) is 0 Å². The van der Waals surface area contributed by atoms with Gasteiger partial charge in [0.15, 0.2) is 0 Å². The molecule has 2 nitrogen and oxygen atoms in total. The van der Waals surface area contributed by atoms with Crippen LogP contribution in [0.15, 0.2) is 12.1 Å². The number of benzene rings is 1. The predicted molar refractivity (Wildman–Crippen MR) is 56.6 cm³/mol. The predicted octanol–water partition coefficient (Wildman–Crippen LogP) is 3.76.